The predicted octanol–water partition coefficient (Wildman–Crippen LogP) is 0.144. The molecule has 0 fully saturated rings. The van der Waals surface area contributed by atoms with Crippen molar-refractivity contribution in [2.75, 3.05) is 14.1 Å². The Labute approximate surface area is 101 Å². The fourth-order valence-corrected chi connectivity index (χ4v) is 0.180. The molecule has 0 aliphatic heterocycles. The van der Waals surface area contributed by atoms with Crippen molar-refractivity contribution in [3.63, 3.8) is 0 Å². The molecule has 1 aromatic rings. The first-order valence-corrected chi connectivity index (χ1v) is 3.06. The van der Waals surface area contributed by atoms with E-state index in [1.54, 1.807) is 26.6 Å². The SMILES string of the molecule is CN(C)[C-]=O.[C-]#[O+].[C-]#[O+].[Fe+6].[c-]1[c-][c-][cH-][c-]1. The van der Waals surface area contributed by atoms with E-state index in [1.807, 2.05) is 0 Å². The van der Waals surface area contributed by atoms with Gasteiger partial charge < -0.3 is 40.0 Å². The summed E-state index contributed by atoms with van der Waals surface area (Å²) < 4.78 is 15.0. The van der Waals surface area contributed by atoms with E-state index in [-0.39, 0.29) is 17.1 Å². The molecule has 4 nitrogen and oxygen atoms in total. The second kappa shape index (κ2) is 29.3. The number of nitrogens with zero attached hydrogens (tertiary/aromatic N) is 1. The van der Waals surface area contributed by atoms with Crippen molar-refractivity contribution >= 4 is 6.41 Å². The number of carbonyl (C=O) groups excluding carboxylic acids is 1. The summed E-state index contributed by atoms with van der Waals surface area (Å²) in [5, 5.41) is 0. The Bertz CT molecular complexity index is 194. The van der Waals surface area contributed by atoms with Gasteiger partial charge in [-0.05, 0) is 14.1 Å². The topological polar surface area (TPSA) is 60.1 Å². The summed E-state index contributed by atoms with van der Waals surface area (Å²) in [5.41, 5.74) is 0. The second-order valence-electron chi connectivity index (χ2n) is 1.67. The molecule has 0 spiro atoms. The maximum absolute atomic E-state index is 9.31. The molecule has 1 aromatic carbocycles. The van der Waals surface area contributed by atoms with Gasteiger partial charge in [0.15, 0.2) is 0 Å². The molecule has 78 valence electrons. The van der Waals surface area contributed by atoms with Crippen LogP contribution >= 0.6 is 0 Å². The summed E-state index contributed by atoms with van der Waals surface area (Å²) >= 11 is 0. The zero-order valence-corrected chi connectivity index (χ0v) is 9.21. The van der Waals surface area contributed by atoms with Crippen LogP contribution in [0.25, 0.3) is 0 Å². The first-order valence-electron chi connectivity index (χ1n) is 3.06. The first kappa shape index (κ1) is 23.6. The van der Waals surface area contributed by atoms with E-state index in [2.05, 4.69) is 37.6 Å². The van der Waals surface area contributed by atoms with Crippen LogP contribution in [0.5, 0.6) is 0 Å². The standard InChI is InChI=1S/C5H.C3H6NO.2CO.Fe/c1-2-4-5-3-1;1-4(2)3-5;2*1-2;/h1H;1-2H3;;;/q-5;-1;;;+6. The summed E-state index contributed by atoms with van der Waals surface area (Å²) in [6.07, 6.45) is 1.61. The smallest absolute Gasteiger partial charge is 0.999 e. The van der Waals surface area contributed by atoms with Crippen molar-refractivity contribution in [2.45, 2.75) is 0 Å². The quantitative estimate of drug-likeness (QED) is 0.300. The van der Waals surface area contributed by atoms with Gasteiger partial charge in [-0.1, -0.05) is 0 Å². The molecule has 1 rings (SSSR count). The van der Waals surface area contributed by atoms with Crippen molar-refractivity contribution in [1.29, 1.82) is 0 Å². The Hall–Kier alpha value is -1.18. The van der Waals surface area contributed by atoms with E-state index in [0.717, 1.165) is 0 Å². The fourth-order valence-electron chi connectivity index (χ4n) is 0.180. The number of rotatable bonds is 1. The van der Waals surface area contributed by atoms with Gasteiger partial charge in [-0.2, -0.15) is 6.41 Å². The average Bonchev–Trinajstić information content (AvgIpc) is 2.82. The molecule has 0 heterocycles. The van der Waals surface area contributed by atoms with Gasteiger partial charge in [-0.15, -0.1) is 0 Å². The minimum absolute atomic E-state index is 0. The second-order valence-corrected chi connectivity index (χ2v) is 1.67. The van der Waals surface area contributed by atoms with E-state index in [9.17, 15) is 4.79 Å². The monoisotopic (exact) mass is 245 g/mol. The van der Waals surface area contributed by atoms with E-state index < -0.39 is 0 Å². The summed E-state index contributed by atoms with van der Waals surface area (Å²) in [7, 11) is 3.26. The molecule has 0 bridgehead atoms. The maximum Gasteiger partial charge on any atom is 6.00 e. The largest absolute Gasteiger partial charge is 6.00 e. The number of hydrogen-bond donors (Lipinski definition) is 0. The van der Waals surface area contributed by atoms with Crippen molar-refractivity contribution < 1.29 is 31.2 Å². The van der Waals surface area contributed by atoms with Gasteiger partial charge in [0.1, 0.15) is 0 Å². The zero-order valence-electron chi connectivity index (χ0n) is 8.10. The van der Waals surface area contributed by atoms with Gasteiger partial charge in [-0.25, -0.2) is 0 Å². The Morgan fingerprint density at radius 3 is 1.47 bits per heavy atom. The van der Waals surface area contributed by atoms with Crippen LogP contribution in [0.15, 0.2) is 6.07 Å². The molecule has 0 saturated heterocycles. The minimum atomic E-state index is 0. The third kappa shape index (κ3) is 44.3. The number of hydrogen-bond acceptors (Lipinski definition) is 1. The van der Waals surface area contributed by atoms with Crippen LogP contribution in [0.2, 0.25) is 0 Å². The molecule has 0 radical (unpaired) electrons. The van der Waals surface area contributed by atoms with Crippen LogP contribution in [0.1, 0.15) is 0 Å². The van der Waals surface area contributed by atoms with Gasteiger partial charge in [-0.3, -0.25) is 0 Å². The van der Waals surface area contributed by atoms with Crippen molar-refractivity contribution in [2.24, 2.45) is 0 Å². The van der Waals surface area contributed by atoms with Crippen LogP contribution in [-0.4, -0.2) is 25.4 Å². The summed E-state index contributed by atoms with van der Waals surface area (Å²) in [6, 6.07) is 12.0. The van der Waals surface area contributed by atoms with Gasteiger partial charge in [0, 0.05) is 0 Å². The molecular formula is C10H7FeNO3. The van der Waals surface area contributed by atoms with Crippen LogP contribution in [0.3, 0.4) is 0 Å². The molecule has 0 atom stereocenters. The van der Waals surface area contributed by atoms with E-state index in [4.69, 9.17) is 9.30 Å². The Morgan fingerprint density at radius 2 is 1.40 bits per heavy atom. The molecule has 0 aliphatic carbocycles. The Kier molecular flexibility index (Phi) is 46.0. The molecule has 15 heavy (non-hydrogen) atoms. The fraction of sp³-hybridized carbons (Fsp3) is 0.200. The molecule has 5 heteroatoms. The molecule has 0 unspecified atom stereocenters. The molecule has 0 N–H and O–H groups in total. The van der Waals surface area contributed by atoms with Crippen LogP contribution in [0.4, 0.5) is 0 Å². The summed E-state index contributed by atoms with van der Waals surface area (Å²) in [6.45, 7) is 9.00. The number of amides is 1. The summed E-state index contributed by atoms with van der Waals surface area (Å²) in [4.78, 5) is 10.6. The molecule has 0 saturated carbocycles. The Balaban J connectivity index is -0.0000000580. The van der Waals surface area contributed by atoms with E-state index in [0.29, 0.717) is 0 Å². The van der Waals surface area contributed by atoms with Crippen LogP contribution in [0, 0.1) is 37.6 Å². The zero-order chi connectivity index (χ0) is 11.8. The maximum atomic E-state index is 9.31. The molecular weight excluding hydrogens is 238 g/mol. The molecule has 0 aromatic heterocycles. The average molecular weight is 245 g/mol. The van der Waals surface area contributed by atoms with Gasteiger partial charge in [0.2, 0.25) is 0 Å². The first-order chi connectivity index (χ1) is 6.77. The minimum Gasteiger partial charge on any atom is -0.999 e. The molecule has 0 aliphatic rings. The van der Waals surface area contributed by atoms with Crippen molar-refractivity contribution in [3.05, 3.63) is 43.6 Å². The van der Waals surface area contributed by atoms with Gasteiger partial charge in [0.25, 0.3) is 0 Å². The van der Waals surface area contributed by atoms with Gasteiger partial charge >= 0.3 is 39.7 Å². The normalized spacial score (nSPS) is 5.20. The Morgan fingerprint density at radius 1 is 1.13 bits per heavy atom. The van der Waals surface area contributed by atoms with Crippen LogP contribution < -0.4 is 0 Å². The third-order valence-electron chi connectivity index (χ3n) is 0.534. The summed E-state index contributed by atoms with van der Waals surface area (Å²) in [5.74, 6) is 0. The van der Waals surface area contributed by atoms with E-state index >= 15 is 0 Å². The predicted molar refractivity (Wildman–Crippen MR) is 44.6 cm³/mol. The van der Waals surface area contributed by atoms with E-state index in [1.165, 1.54) is 4.90 Å². The molecule has 1 amide bonds. The third-order valence-corrected chi connectivity index (χ3v) is 0.534. The van der Waals surface area contributed by atoms with Gasteiger partial charge in [0.05, 0.1) is 0 Å². The van der Waals surface area contributed by atoms with Crippen LogP contribution in [-0.2, 0) is 31.2 Å². The van der Waals surface area contributed by atoms with Crippen molar-refractivity contribution in [3.8, 4) is 0 Å². The van der Waals surface area contributed by atoms with Crippen molar-refractivity contribution in [1.82, 2.24) is 4.90 Å².